The second kappa shape index (κ2) is 9.32. The van der Waals surface area contributed by atoms with E-state index in [0.29, 0.717) is 0 Å². The first kappa shape index (κ1) is 20.9. The number of hydrogen-bond donors (Lipinski definition) is 0. The second-order valence-electron chi connectivity index (χ2n) is 8.47. The van der Waals surface area contributed by atoms with Crippen molar-refractivity contribution >= 4 is 28.5 Å². The summed E-state index contributed by atoms with van der Waals surface area (Å²) in [7, 11) is 0. The number of fused-ring (bicyclic) bond motifs is 1. The van der Waals surface area contributed by atoms with Gasteiger partial charge in [0.05, 0.1) is 17.1 Å². The molecular formula is C32H24N2O. The van der Waals surface area contributed by atoms with Crippen LogP contribution in [-0.4, -0.2) is 5.71 Å². The minimum atomic E-state index is 0.778. The molecule has 0 aliphatic carbocycles. The first-order valence-electron chi connectivity index (χ1n) is 11.8. The zero-order valence-corrected chi connectivity index (χ0v) is 19.2. The Balaban J connectivity index is 1.48. The maximum atomic E-state index is 6.51. The Hall–Kier alpha value is -4.63. The molecule has 1 heterocycles. The molecular weight excluding hydrogens is 428 g/mol. The number of benzene rings is 5. The highest BCUT2D eigenvalue weighted by Gasteiger charge is 2.21. The summed E-state index contributed by atoms with van der Waals surface area (Å²) in [5.41, 5.74) is 7.52. The van der Waals surface area contributed by atoms with Crippen molar-refractivity contribution in [1.82, 2.24) is 0 Å². The lowest BCUT2D eigenvalue weighted by Crippen LogP contribution is -2.12. The Bertz CT molecular complexity index is 1440. The number of anilines is 3. The smallest absolute Gasteiger partial charge is 0.152 e. The predicted molar refractivity (Wildman–Crippen MR) is 144 cm³/mol. The van der Waals surface area contributed by atoms with E-state index in [-0.39, 0.29) is 0 Å². The highest BCUT2D eigenvalue weighted by molar-refractivity contribution is 6.07. The minimum Gasteiger partial charge on any atom is -0.455 e. The summed E-state index contributed by atoms with van der Waals surface area (Å²) in [5.74, 6) is 1.57. The van der Waals surface area contributed by atoms with Crippen LogP contribution in [0.4, 0.5) is 22.7 Å². The van der Waals surface area contributed by atoms with Crippen LogP contribution in [0.5, 0.6) is 11.5 Å². The van der Waals surface area contributed by atoms with Gasteiger partial charge in [-0.25, -0.2) is 0 Å². The topological polar surface area (TPSA) is 24.8 Å². The lowest BCUT2D eigenvalue weighted by Gasteiger charge is -2.27. The molecule has 0 atom stereocenters. The second-order valence-corrected chi connectivity index (χ2v) is 8.47. The van der Waals surface area contributed by atoms with Crippen molar-refractivity contribution in [2.75, 3.05) is 4.90 Å². The fourth-order valence-corrected chi connectivity index (χ4v) is 4.46. The van der Waals surface area contributed by atoms with E-state index >= 15 is 0 Å². The van der Waals surface area contributed by atoms with Crippen molar-refractivity contribution in [2.24, 2.45) is 4.99 Å². The fourth-order valence-electron chi connectivity index (χ4n) is 4.46. The molecule has 0 saturated heterocycles. The van der Waals surface area contributed by atoms with E-state index in [4.69, 9.17) is 9.73 Å². The van der Waals surface area contributed by atoms with E-state index in [1.165, 1.54) is 5.56 Å². The van der Waals surface area contributed by atoms with Gasteiger partial charge in [-0.3, -0.25) is 4.99 Å². The predicted octanol–water partition coefficient (Wildman–Crippen LogP) is 8.63. The first-order valence-corrected chi connectivity index (χ1v) is 11.8. The molecule has 5 aromatic carbocycles. The largest absolute Gasteiger partial charge is 0.455 e. The number of hydrogen-bond acceptors (Lipinski definition) is 3. The molecule has 3 nitrogen and oxygen atoms in total. The van der Waals surface area contributed by atoms with Crippen molar-refractivity contribution in [3.8, 4) is 11.5 Å². The first-order chi connectivity index (χ1) is 17.3. The molecule has 5 aromatic rings. The van der Waals surface area contributed by atoms with Crippen LogP contribution in [-0.2, 0) is 6.42 Å². The number of rotatable bonds is 6. The number of nitrogens with zero attached hydrogens (tertiary/aromatic N) is 2. The summed E-state index contributed by atoms with van der Waals surface area (Å²) in [6, 6.07) is 45.4. The van der Waals surface area contributed by atoms with Crippen LogP contribution in [0, 0.1) is 0 Å². The highest BCUT2D eigenvalue weighted by Crippen LogP contribution is 2.42. The third-order valence-electron chi connectivity index (χ3n) is 6.14. The number of para-hydroxylation sites is 4. The molecule has 0 bridgehead atoms. The van der Waals surface area contributed by atoms with Crippen LogP contribution >= 0.6 is 0 Å². The SMILES string of the molecule is c1ccc(Oc2cc(C3=Nc4ccccc4C3)ccc2N(c2ccccc2)c2ccccc2)cc1. The van der Waals surface area contributed by atoms with E-state index in [0.717, 1.165) is 51.9 Å². The van der Waals surface area contributed by atoms with Crippen LogP contribution in [0.2, 0.25) is 0 Å². The summed E-state index contributed by atoms with van der Waals surface area (Å²) in [5, 5.41) is 0. The molecule has 0 N–H and O–H groups in total. The van der Waals surface area contributed by atoms with E-state index < -0.39 is 0 Å². The molecule has 0 unspecified atom stereocenters. The zero-order valence-electron chi connectivity index (χ0n) is 19.2. The van der Waals surface area contributed by atoms with Crippen LogP contribution in [0.3, 0.4) is 0 Å². The van der Waals surface area contributed by atoms with Crippen LogP contribution in [0.15, 0.2) is 138 Å². The standard InChI is InChI=1S/C32H24N2O/c1-4-13-26(14-5-1)34(27-15-6-2-7-16-27)31-21-20-25(23-32(31)35-28-17-8-3-9-18-28)30-22-24-12-10-11-19-29(24)33-30/h1-21,23H,22H2. The van der Waals surface area contributed by atoms with Crippen molar-refractivity contribution in [1.29, 1.82) is 0 Å². The molecule has 0 spiro atoms. The summed E-state index contributed by atoms with van der Waals surface area (Å²) >= 11 is 0. The molecule has 0 fully saturated rings. The van der Waals surface area contributed by atoms with Crippen LogP contribution in [0.25, 0.3) is 0 Å². The maximum absolute atomic E-state index is 6.51. The van der Waals surface area contributed by atoms with Gasteiger partial charge in [-0.05, 0) is 60.2 Å². The number of aliphatic imine (C=N–C) groups is 1. The van der Waals surface area contributed by atoms with E-state index in [9.17, 15) is 0 Å². The van der Waals surface area contributed by atoms with Crippen molar-refractivity contribution in [3.05, 3.63) is 145 Å². The Morgan fingerprint density at radius 3 is 1.86 bits per heavy atom. The minimum absolute atomic E-state index is 0.778. The average Bonchev–Trinajstić information content (AvgIpc) is 3.36. The molecule has 1 aliphatic rings. The van der Waals surface area contributed by atoms with E-state index in [1.807, 2.05) is 48.5 Å². The van der Waals surface area contributed by atoms with Crippen LogP contribution < -0.4 is 9.64 Å². The molecule has 3 heteroatoms. The molecule has 35 heavy (non-hydrogen) atoms. The molecule has 1 aliphatic heterocycles. The Labute approximate surface area is 205 Å². The molecule has 0 saturated carbocycles. The summed E-state index contributed by atoms with van der Waals surface area (Å²) in [6.07, 6.45) is 0.821. The van der Waals surface area contributed by atoms with Crippen molar-refractivity contribution in [3.63, 3.8) is 0 Å². The molecule has 0 radical (unpaired) electrons. The molecule has 6 rings (SSSR count). The Kier molecular flexibility index (Phi) is 5.57. The van der Waals surface area contributed by atoms with Crippen molar-refractivity contribution in [2.45, 2.75) is 6.42 Å². The van der Waals surface area contributed by atoms with Gasteiger partial charge in [0.25, 0.3) is 0 Å². The van der Waals surface area contributed by atoms with Gasteiger partial charge in [0.1, 0.15) is 5.75 Å². The Morgan fingerprint density at radius 1 is 0.600 bits per heavy atom. The Morgan fingerprint density at radius 2 is 1.20 bits per heavy atom. The van der Waals surface area contributed by atoms with Crippen molar-refractivity contribution < 1.29 is 4.74 Å². The summed E-state index contributed by atoms with van der Waals surface area (Å²) < 4.78 is 6.51. The fraction of sp³-hybridized carbons (Fsp3) is 0.0312. The van der Waals surface area contributed by atoms with Gasteiger partial charge in [-0.2, -0.15) is 0 Å². The van der Waals surface area contributed by atoms with Gasteiger partial charge >= 0.3 is 0 Å². The molecule has 0 aromatic heterocycles. The van der Waals surface area contributed by atoms with Gasteiger partial charge in [0.15, 0.2) is 5.75 Å². The molecule has 168 valence electrons. The van der Waals surface area contributed by atoms with E-state index in [1.54, 1.807) is 0 Å². The third-order valence-corrected chi connectivity index (χ3v) is 6.14. The van der Waals surface area contributed by atoms with Gasteiger partial charge in [0.2, 0.25) is 0 Å². The normalized spacial score (nSPS) is 12.1. The van der Waals surface area contributed by atoms with Gasteiger partial charge in [0, 0.05) is 23.4 Å². The lowest BCUT2D eigenvalue weighted by molar-refractivity contribution is 0.483. The number of ether oxygens (including phenoxy) is 1. The van der Waals surface area contributed by atoms with E-state index in [2.05, 4.69) is 89.8 Å². The summed E-state index contributed by atoms with van der Waals surface area (Å²) in [4.78, 5) is 7.14. The lowest BCUT2D eigenvalue weighted by atomic mass is 10.0. The maximum Gasteiger partial charge on any atom is 0.152 e. The zero-order chi connectivity index (χ0) is 23.5. The summed E-state index contributed by atoms with van der Waals surface area (Å²) in [6.45, 7) is 0. The van der Waals surface area contributed by atoms with Gasteiger partial charge in [-0.1, -0.05) is 78.9 Å². The quantitative estimate of drug-likeness (QED) is 0.258. The van der Waals surface area contributed by atoms with Gasteiger partial charge < -0.3 is 9.64 Å². The van der Waals surface area contributed by atoms with Gasteiger partial charge in [-0.15, -0.1) is 0 Å². The van der Waals surface area contributed by atoms with Crippen LogP contribution in [0.1, 0.15) is 11.1 Å². The highest BCUT2D eigenvalue weighted by atomic mass is 16.5. The average molecular weight is 453 g/mol. The monoisotopic (exact) mass is 452 g/mol. The molecule has 0 amide bonds. The third kappa shape index (κ3) is 4.32.